The number of carboxylic acid groups (broad SMARTS) is 1. The number of carbonyl (C=O) groups excluding carboxylic acids is 1. The number of fused-ring (bicyclic) bond motifs is 2. The molecule has 0 aliphatic carbocycles. The van der Waals surface area contributed by atoms with Crippen LogP contribution in [0.3, 0.4) is 0 Å². The lowest BCUT2D eigenvalue weighted by atomic mass is 9.92. The van der Waals surface area contributed by atoms with E-state index < -0.39 is 17.7 Å². The summed E-state index contributed by atoms with van der Waals surface area (Å²) in [4.78, 5) is 17.8. The molecule has 2 aromatic carbocycles. The maximum absolute atomic E-state index is 13.1. The number of likely N-dealkylation sites (N-methyl/N-ethyl adjacent to an activating group) is 1. The van der Waals surface area contributed by atoms with E-state index in [0.29, 0.717) is 46.4 Å². The van der Waals surface area contributed by atoms with Crippen LogP contribution in [-0.2, 0) is 12.7 Å². The third kappa shape index (κ3) is 3.68. The molecule has 1 aliphatic rings. The molecule has 2 heterocycles. The minimum Gasteiger partial charge on any atom is -0.545 e. The molecule has 1 atom stereocenters. The zero-order valence-electron chi connectivity index (χ0n) is 16.2. The molecule has 4 nitrogen and oxygen atoms in total. The molecule has 30 heavy (non-hydrogen) atoms. The van der Waals surface area contributed by atoms with E-state index in [4.69, 9.17) is 0 Å². The van der Waals surface area contributed by atoms with Crippen molar-refractivity contribution < 1.29 is 28.0 Å². The lowest BCUT2D eigenvalue weighted by Gasteiger charge is -2.29. The van der Waals surface area contributed by atoms with Gasteiger partial charge < -0.3 is 14.8 Å². The van der Waals surface area contributed by atoms with Crippen LogP contribution in [0.15, 0.2) is 48.5 Å². The highest BCUT2D eigenvalue weighted by molar-refractivity contribution is 6.05. The van der Waals surface area contributed by atoms with Crippen molar-refractivity contribution in [3.05, 3.63) is 76.5 Å². The van der Waals surface area contributed by atoms with E-state index in [1.807, 2.05) is 6.92 Å². The van der Waals surface area contributed by atoms with Crippen LogP contribution in [0.2, 0.25) is 0 Å². The number of aromatic nitrogens is 1. The number of nitrogens with zero attached hydrogens (tertiary/aromatic N) is 1. The first kappa shape index (κ1) is 20.1. The Labute approximate surface area is 171 Å². The third-order valence-corrected chi connectivity index (χ3v) is 5.42. The summed E-state index contributed by atoms with van der Waals surface area (Å²) in [5.41, 5.74) is 2.09. The molecule has 0 saturated heterocycles. The van der Waals surface area contributed by atoms with Gasteiger partial charge in [-0.3, -0.25) is 0 Å². The van der Waals surface area contributed by atoms with E-state index in [1.165, 1.54) is 6.07 Å². The van der Waals surface area contributed by atoms with Gasteiger partial charge in [-0.2, -0.15) is 13.2 Å². The Morgan fingerprint density at radius 3 is 2.63 bits per heavy atom. The average Bonchev–Trinajstić information content (AvgIpc) is 2.71. The van der Waals surface area contributed by atoms with Gasteiger partial charge in [-0.05, 0) is 36.8 Å². The second kappa shape index (κ2) is 7.57. The second-order valence-corrected chi connectivity index (χ2v) is 7.37. The fourth-order valence-corrected chi connectivity index (χ4v) is 3.96. The van der Waals surface area contributed by atoms with Crippen LogP contribution >= 0.6 is 0 Å². The number of halogens is 3. The number of hydrogen-bond acceptors (Lipinski definition) is 3. The predicted octanol–water partition coefficient (Wildman–Crippen LogP) is 2.58. The minimum atomic E-state index is -4.43. The van der Waals surface area contributed by atoms with Crippen molar-refractivity contribution >= 4 is 28.5 Å². The lowest BCUT2D eigenvalue weighted by Crippen LogP contribution is -3.11. The number of carboxylic acids is 1. The van der Waals surface area contributed by atoms with Crippen molar-refractivity contribution in [3.63, 3.8) is 0 Å². The minimum absolute atomic E-state index is 0.108. The van der Waals surface area contributed by atoms with E-state index in [0.717, 1.165) is 23.6 Å². The summed E-state index contributed by atoms with van der Waals surface area (Å²) in [6.45, 7) is 3.72. The van der Waals surface area contributed by atoms with E-state index in [9.17, 15) is 23.1 Å². The number of nitrogens with one attached hydrogen (secondary N) is 1. The first-order valence-corrected chi connectivity index (χ1v) is 9.62. The first-order valence-electron chi connectivity index (χ1n) is 9.62. The Bertz CT molecular complexity index is 1170. The van der Waals surface area contributed by atoms with E-state index in [-0.39, 0.29) is 5.56 Å². The molecule has 1 aromatic heterocycles. The number of alkyl halides is 3. The first-order chi connectivity index (χ1) is 14.3. The number of carbonyl (C=O) groups is 1. The van der Waals surface area contributed by atoms with Crippen molar-refractivity contribution in [1.82, 2.24) is 4.98 Å². The molecule has 4 rings (SSSR count). The maximum Gasteiger partial charge on any atom is 0.416 e. The van der Waals surface area contributed by atoms with Gasteiger partial charge in [-0.25, -0.2) is 4.98 Å². The van der Waals surface area contributed by atoms with Gasteiger partial charge in [0.05, 0.1) is 29.3 Å². The number of quaternary nitrogens is 1. The Kier molecular flexibility index (Phi) is 5.07. The van der Waals surface area contributed by atoms with E-state index in [1.54, 1.807) is 36.4 Å². The van der Waals surface area contributed by atoms with Crippen LogP contribution in [0, 0.1) is 0 Å². The molecule has 0 fully saturated rings. The summed E-state index contributed by atoms with van der Waals surface area (Å²) in [6.07, 6.45) is -2.76. The van der Waals surface area contributed by atoms with Crippen molar-refractivity contribution in [3.8, 4) is 0 Å². The molecule has 7 heteroatoms. The van der Waals surface area contributed by atoms with Crippen LogP contribution in [0.4, 0.5) is 13.2 Å². The number of rotatable bonds is 3. The maximum atomic E-state index is 13.1. The number of para-hydroxylation sites is 1. The SMILES string of the molecule is CC[NH+]1C/C(=C\c2cccc(C(F)(F)F)c2)c2nc3ccccc3c(C(=O)[O-])c2C1. The van der Waals surface area contributed by atoms with Gasteiger partial charge >= 0.3 is 6.18 Å². The fraction of sp³-hybridized carbons (Fsp3) is 0.217. The topological polar surface area (TPSA) is 57.5 Å². The zero-order chi connectivity index (χ0) is 21.5. The number of benzene rings is 2. The van der Waals surface area contributed by atoms with Gasteiger partial charge in [0, 0.05) is 22.1 Å². The Hall–Kier alpha value is -3.19. The van der Waals surface area contributed by atoms with Gasteiger partial charge in [0.25, 0.3) is 0 Å². The monoisotopic (exact) mass is 412 g/mol. The molecule has 0 spiro atoms. The van der Waals surface area contributed by atoms with Crippen LogP contribution in [0.1, 0.15) is 39.7 Å². The number of hydrogen-bond donors (Lipinski definition) is 1. The molecule has 0 bridgehead atoms. The Morgan fingerprint density at radius 1 is 1.17 bits per heavy atom. The van der Waals surface area contributed by atoms with Crippen LogP contribution < -0.4 is 10.0 Å². The van der Waals surface area contributed by atoms with Gasteiger partial charge in [0.2, 0.25) is 0 Å². The number of aromatic carboxylic acids is 1. The van der Waals surface area contributed by atoms with Gasteiger partial charge in [0.1, 0.15) is 13.1 Å². The molecule has 0 amide bonds. The molecule has 3 aromatic rings. The fourth-order valence-electron chi connectivity index (χ4n) is 3.96. The largest absolute Gasteiger partial charge is 0.545 e. The Balaban J connectivity index is 1.94. The molecular formula is C23H19F3N2O2. The van der Waals surface area contributed by atoms with Crippen molar-refractivity contribution in [2.45, 2.75) is 19.6 Å². The molecule has 1 unspecified atom stereocenters. The summed E-state index contributed by atoms with van der Waals surface area (Å²) < 4.78 is 39.3. The van der Waals surface area contributed by atoms with Gasteiger partial charge in [0.15, 0.2) is 0 Å². The zero-order valence-corrected chi connectivity index (χ0v) is 16.2. The van der Waals surface area contributed by atoms with Crippen molar-refractivity contribution in [2.24, 2.45) is 0 Å². The quantitative estimate of drug-likeness (QED) is 0.720. The normalized spacial score (nSPS) is 17.9. The van der Waals surface area contributed by atoms with Gasteiger partial charge in [-0.15, -0.1) is 0 Å². The van der Waals surface area contributed by atoms with Crippen LogP contribution in [-0.4, -0.2) is 24.0 Å². The van der Waals surface area contributed by atoms with Gasteiger partial charge in [-0.1, -0.05) is 30.3 Å². The lowest BCUT2D eigenvalue weighted by molar-refractivity contribution is -0.905. The van der Waals surface area contributed by atoms with Crippen LogP contribution in [0.5, 0.6) is 0 Å². The summed E-state index contributed by atoms with van der Waals surface area (Å²) in [6, 6.07) is 12.0. The highest BCUT2D eigenvalue weighted by Gasteiger charge is 2.31. The van der Waals surface area contributed by atoms with E-state index in [2.05, 4.69) is 4.98 Å². The number of pyridine rings is 1. The predicted molar refractivity (Wildman–Crippen MR) is 105 cm³/mol. The third-order valence-electron chi connectivity index (χ3n) is 5.42. The molecule has 0 saturated carbocycles. The molecule has 1 aliphatic heterocycles. The molecule has 0 radical (unpaired) electrons. The van der Waals surface area contributed by atoms with Crippen molar-refractivity contribution in [1.29, 1.82) is 0 Å². The molecular weight excluding hydrogens is 393 g/mol. The van der Waals surface area contributed by atoms with Crippen molar-refractivity contribution in [2.75, 3.05) is 13.1 Å². The summed E-state index contributed by atoms with van der Waals surface area (Å²) in [5, 5.41) is 12.5. The Morgan fingerprint density at radius 2 is 1.93 bits per heavy atom. The smallest absolute Gasteiger partial charge is 0.416 e. The summed E-state index contributed by atoms with van der Waals surface area (Å²) in [5.74, 6) is -1.28. The van der Waals surface area contributed by atoms with Crippen LogP contribution in [0.25, 0.3) is 22.6 Å². The molecule has 1 N–H and O–H groups in total. The average molecular weight is 412 g/mol. The molecule has 154 valence electrons. The highest BCUT2D eigenvalue weighted by atomic mass is 19.4. The second-order valence-electron chi connectivity index (χ2n) is 7.37. The summed E-state index contributed by atoms with van der Waals surface area (Å²) in [7, 11) is 0. The van der Waals surface area contributed by atoms with E-state index >= 15 is 0 Å². The highest BCUT2D eigenvalue weighted by Crippen LogP contribution is 2.32. The summed E-state index contributed by atoms with van der Waals surface area (Å²) >= 11 is 0. The standard InChI is InChI=1S/C23H19F3N2O2/c1-2-28-12-15(10-14-6-5-7-16(11-14)23(24,25)26)21-18(13-28)20(22(29)30)17-8-3-4-9-19(17)27-21/h3-11H,2,12-13H2,1H3,(H,29,30)/b15-10+.